The molecule has 5 rings (SSSR count). The lowest BCUT2D eigenvalue weighted by atomic mass is 9.41. The van der Waals surface area contributed by atoms with E-state index >= 15 is 0 Å². The molecule has 1 saturated heterocycles. The summed E-state index contributed by atoms with van der Waals surface area (Å²) in [5.41, 5.74) is 0.669. The van der Waals surface area contributed by atoms with Crippen molar-refractivity contribution >= 4 is 5.91 Å². The molecule has 2 heterocycles. The van der Waals surface area contributed by atoms with Gasteiger partial charge in [-0.2, -0.15) is 0 Å². The van der Waals surface area contributed by atoms with Gasteiger partial charge in [0.15, 0.2) is 6.29 Å². The van der Waals surface area contributed by atoms with Crippen LogP contribution in [0.3, 0.4) is 0 Å². The third-order valence-electron chi connectivity index (χ3n) is 8.83. The van der Waals surface area contributed by atoms with Crippen LogP contribution in [0.15, 0.2) is 16.7 Å². The summed E-state index contributed by atoms with van der Waals surface area (Å²) in [6.07, 6.45) is 7.41. The number of nitrogens with one attached hydrogen (secondary N) is 1. The van der Waals surface area contributed by atoms with Crippen molar-refractivity contribution in [1.82, 2.24) is 5.32 Å². The monoisotopic (exact) mass is 403 g/mol. The summed E-state index contributed by atoms with van der Waals surface area (Å²) in [6.45, 7) is 2.98. The Hall–Kier alpha value is -1.37. The highest BCUT2D eigenvalue weighted by molar-refractivity contribution is 5.83. The fourth-order valence-electron chi connectivity index (χ4n) is 7.77. The second-order valence-electron chi connectivity index (χ2n) is 9.63. The van der Waals surface area contributed by atoms with Crippen molar-refractivity contribution < 1.29 is 23.8 Å². The molecule has 3 fully saturated rings. The Labute approximate surface area is 172 Å². The number of furan rings is 1. The van der Waals surface area contributed by atoms with Gasteiger partial charge in [0.2, 0.25) is 5.91 Å². The van der Waals surface area contributed by atoms with Gasteiger partial charge < -0.3 is 24.3 Å². The van der Waals surface area contributed by atoms with Gasteiger partial charge in [-0.15, -0.1) is 0 Å². The molecule has 160 valence electrons. The predicted molar refractivity (Wildman–Crippen MR) is 106 cm³/mol. The lowest BCUT2D eigenvalue weighted by molar-refractivity contribution is -0.330. The highest BCUT2D eigenvalue weighted by atomic mass is 16.7. The van der Waals surface area contributed by atoms with Crippen molar-refractivity contribution in [1.29, 1.82) is 0 Å². The van der Waals surface area contributed by atoms with Crippen molar-refractivity contribution in [2.75, 3.05) is 26.9 Å². The van der Waals surface area contributed by atoms with Crippen LogP contribution >= 0.6 is 0 Å². The first-order valence-corrected chi connectivity index (χ1v) is 11.2. The highest BCUT2D eigenvalue weighted by Gasteiger charge is 2.69. The van der Waals surface area contributed by atoms with E-state index in [-0.39, 0.29) is 36.7 Å². The summed E-state index contributed by atoms with van der Waals surface area (Å²) < 4.78 is 18.4. The smallest absolute Gasteiger partial charge is 0.228 e. The molecule has 7 atom stereocenters. The van der Waals surface area contributed by atoms with Crippen molar-refractivity contribution in [3.05, 3.63) is 23.7 Å². The summed E-state index contributed by atoms with van der Waals surface area (Å²) >= 11 is 0. The fourth-order valence-corrected chi connectivity index (χ4v) is 7.77. The zero-order valence-electron chi connectivity index (χ0n) is 17.5. The van der Waals surface area contributed by atoms with E-state index in [1.165, 1.54) is 5.56 Å². The largest absolute Gasteiger partial charge is 0.469 e. The van der Waals surface area contributed by atoms with E-state index in [4.69, 9.17) is 13.9 Å². The van der Waals surface area contributed by atoms with Crippen molar-refractivity contribution in [3.8, 4) is 0 Å². The first-order valence-electron chi connectivity index (χ1n) is 11.2. The minimum atomic E-state index is -0.469. The Kier molecular flexibility index (Phi) is 4.80. The van der Waals surface area contributed by atoms with Gasteiger partial charge in [0.1, 0.15) is 5.76 Å². The van der Waals surface area contributed by atoms with Crippen LogP contribution in [-0.2, 0) is 20.7 Å². The molecule has 4 aliphatic rings. The molecule has 2 bridgehead atoms. The Morgan fingerprint density at radius 2 is 2.24 bits per heavy atom. The first kappa shape index (κ1) is 19.6. The number of carbonyl (C=O) groups is 1. The molecule has 1 aliphatic heterocycles. The van der Waals surface area contributed by atoms with Crippen LogP contribution in [0.1, 0.15) is 56.3 Å². The molecular formula is C23H33NO5. The third-order valence-corrected chi connectivity index (χ3v) is 8.83. The van der Waals surface area contributed by atoms with E-state index in [0.29, 0.717) is 24.4 Å². The van der Waals surface area contributed by atoms with Gasteiger partial charge in [0, 0.05) is 18.9 Å². The zero-order chi connectivity index (χ0) is 20.2. The molecule has 6 heteroatoms. The average molecular weight is 404 g/mol. The maximum Gasteiger partial charge on any atom is 0.228 e. The molecule has 1 aromatic heterocycles. The van der Waals surface area contributed by atoms with E-state index in [1.54, 1.807) is 7.05 Å². The van der Waals surface area contributed by atoms with E-state index < -0.39 is 5.41 Å². The quantitative estimate of drug-likeness (QED) is 0.808. The molecule has 1 amide bonds. The summed E-state index contributed by atoms with van der Waals surface area (Å²) in [5.74, 6) is 2.80. The van der Waals surface area contributed by atoms with Gasteiger partial charge >= 0.3 is 0 Å². The van der Waals surface area contributed by atoms with E-state index in [9.17, 15) is 9.90 Å². The van der Waals surface area contributed by atoms with Crippen LogP contribution in [0.5, 0.6) is 0 Å². The minimum absolute atomic E-state index is 0.0198. The summed E-state index contributed by atoms with van der Waals surface area (Å²) in [7, 11) is 1.74. The van der Waals surface area contributed by atoms with Gasteiger partial charge in [-0.1, -0.05) is 13.3 Å². The van der Waals surface area contributed by atoms with E-state index in [0.717, 1.165) is 44.3 Å². The van der Waals surface area contributed by atoms with Crippen LogP contribution < -0.4 is 5.32 Å². The standard InChI is InChI=1S/C23H33NO5/c1-14-15-4-5-19-22(20(26)24-2)7-3-8-23(19,21(29-13-22)28-11-9-25)17(15)12-18-16(14)6-10-27-18/h6,10,14-15,17,19,21,25H,3-5,7-9,11-13H2,1-2H3,(H,24,26)/t14-,15+,17+,19+,21-,22+,23?/m1/s1. The Morgan fingerprint density at radius 3 is 3.03 bits per heavy atom. The minimum Gasteiger partial charge on any atom is -0.469 e. The molecule has 2 saturated carbocycles. The third kappa shape index (κ3) is 2.55. The average Bonchev–Trinajstić information content (AvgIpc) is 3.21. The lowest BCUT2D eigenvalue weighted by Crippen LogP contribution is -2.69. The number of hydrogen-bond donors (Lipinski definition) is 2. The second-order valence-corrected chi connectivity index (χ2v) is 9.63. The topological polar surface area (TPSA) is 80.9 Å². The normalized spacial score (nSPS) is 43.1. The lowest BCUT2D eigenvalue weighted by Gasteiger charge is -2.67. The van der Waals surface area contributed by atoms with Gasteiger partial charge in [0.25, 0.3) is 0 Å². The highest BCUT2D eigenvalue weighted by Crippen LogP contribution is 2.69. The number of ether oxygens (including phenoxy) is 2. The molecule has 1 aromatic rings. The van der Waals surface area contributed by atoms with Crippen LogP contribution in [-0.4, -0.2) is 44.2 Å². The molecule has 0 radical (unpaired) electrons. The number of hydrogen-bond acceptors (Lipinski definition) is 5. The van der Waals surface area contributed by atoms with Crippen molar-refractivity contribution in [2.45, 2.75) is 57.7 Å². The number of aliphatic hydroxyl groups excluding tert-OH is 1. The van der Waals surface area contributed by atoms with Gasteiger partial charge in [-0.05, 0) is 61.0 Å². The number of aliphatic hydroxyl groups is 1. The Morgan fingerprint density at radius 1 is 1.38 bits per heavy atom. The zero-order valence-corrected chi connectivity index (χ0v) is 17.5. The Bertz CT molecular complexity index is 777. The van der Waals surface area contributed by atoms with Crippen LogP contribution in [0.25, 0.3) is 0 Å². The van der Waals surface area contributed by atoms with Crippen LogP contribution in [0, 0.1) is 28.6 Å². The molecule has 6 nitrogen and oxygen atoms in total. The van der Waals surface area contributed by atoms with Crippen molar-refractivity contribution in [2.24, 2.45) is 28.6 Å². The molecule has 0 spiro atoms. The van der Waals surface area contributed by atoms with Crippen molar-refractivity contribution in [3.63, 3.8) is 0 Å². The maximum atomic E-state index is 13.2. The SMILES string of the molecule is CNC(=O)[C@@]12CCCC3([C@H](OCCO)OC1)[C@H]2CC[C@H]1[C@@H](C)c2ccoc2C[C@@H]13. The summed E-state index contributed by atoms with van der Waals surface area (Å²) in [5, 5.41) is 12.4. The first-order chi connectivity index (χ1) is 14.1. The van der Waals surface area contributed by atoms with Gasteiger partial charge in [-0.3, -0.25) is 4.79 Å². The molecule has 2 N–H and O–H groups in total. The number of fused-ring (bicyclic) bond motifs is 2. The summed E-state index contributed by atoms with van der Waals surface area (Å²) in [4.78, 5) is 13.2. The van der Waals surface area contributed by atoms with Crippen LogP contribution in [0.4, 0.5) is 0 Å². The molecule has 29 heavy (non-hydrogen) atoms. The van der Waals surface area contributed by atoms with Gasteiger partial charge in [0.05, 0.1) is 31.5 Å². The summed E-state index contributed by atoms with van der Waals surface area (Å²) in [6, 6.07) is 2.13. The fraction of sp³-hybridized carbons (Fsp3) is 0.783. The predicted octanol–water partition coefficient (Wildman–Crippen LogP) is 2.85. The second kappa shape index (κ2) is 7.10. The maximum absolute atomic E-state index is 13.2. The van der Waals surface area contributed by atoms with Crippen LogP contribution in [0.2, 0.25) is 0 Å². The molecule has 3 aliphatic carbocycles. The Balaban J connectivity index is 1.61. The number of amides is 1. The molecular weight excluding hydrogens is 370 g/mol. The molecule has 1 unspecified atom stereocenters. The van der Waals surface area contributed by atoms with E-state index in [1.807, 2.05) is 6.26 Å². The molecule has 0 aromatic carbocycles. The van der Waals surface area contributed by atoms with Gasteiger partial charge in [-0.25, -0.2) is 0 Å². The van der Waals surface area contributed by atoms with E-state index in [2.05, 4.69) is 18.3 Å². The number of rotatable bonds is 4. The number of carbonyl (C=O) groups excluding carboxylic acids is 1.